The van der Waals surface area contributed by atoms with E-state index in [9.17, 15) is 18.0 Å². The summed E-state index contributed by atoms with van der Waals surface area (Å²) in [6.45, 7) is 3.72. The molecule has 1 unspecified atom stereocenters. The van der Waals surface area contributed by atoms with Gasteiger partial charge in [-0.2, -0.15) is 13.2 Å². The Balaban J connectivity index is 1.64. The van der Waals surface area contributed by atoms with Gasteiger partial charge in [-0.25, -0.2) is 0 Å². The van der Waals surface area contributed by atoms with Gasteiger partial charge in [0.05, 0.1) is 11.5 Å². The van der Waals surface area contributed by atoms with E-state index in [1.165, 1.54) is 22.6 Å². The zero-order valence-corrected chi connectivity index (χ0v) is 17.6. The van der Waals surface area contributed by atoms with E-state index in [0.717, 1.165) is 46.5 Å². The van der Waals surface area contributed by atoms with Crippen LogP contribution in [0, 0.1) is 12.8 Å². The van der Waals surface area contributed by atoms with Crippen LogP contribution in [-0.4, -0.2) is 11.1 Å². The van der Waals surface area contributed by atoms with Crippen molar-refractivity contribution in [3.05, 3.63) is 81.7 Å². The first-order valence-electron chi connectivity index (χ1n) is 9.71. The van der Waals surface area contributed by atoms with Crippen LogP contribution in [0.2, 0.25) is 0 Å². The van der Waals surface area contributed by atoms with Gasteiger partial charge >= 0.3 is 12.1 Å². The van der Waals surface area contributed by atoms with Gasteiger partial charge in [0.15, 0.2) is 0 Å². The van der Waals surface area contributed by atoms with Crippen LogP contribution >= 0.6 is 11.3 Å². The van der Waals surface area contributed by atoms with E-state index in [0.29, 0.717) is 6.42 Å². The highest BCUT2D eigenvalue weighted by Crippen LogP contribution is 2.35. The van der Waals surface area contributed by atoms with E-state index < -0.39 is 23.6 Å². The molecule has 158 valence electrons. The molecule has 0 aliphatic carbocycles. The number of halogens is 3. The monoisotopic (exact) mass is 432 g/mol. The number of carboxylic acid groups (broad SMARTS) is 1. The number of hydrogen-bond donors (Lipinski definition) is 1. The predicted octanol–water partition coefficient (Wildman–Crippen LogP) is 6.79. The molecule has 1 heterocycles. The lowest BCUT2D eigenvalue weighted by Gasteiger charge is -2.07. The van der Waals surface area contributed by atoms with Gasteiger partial charge in [0.25, 0.3) is 0 Å². The van der Waals surface area contributed by atoms with Crippen molar-refractivity contribution in [1.82, 2.24) is 0 Å². The van der Waals surface area contributed by atoms with Crippen molar-refractivity contribution in [2.75, 3.05) is 0 Å². The Morgan fingerprint density at radius 2 is 1.60 bits per heavy atom. The molecule has 2 nitrogen and oxygen atoms in total. The Hall–Kier alpha value is -2.60. The molecule has 3 aromatic rings. The number of aliphatic carboxylic acids is 1. The minimum absolute atomic E-state index is 0.409. The van der Waals surface area contributed by atoms with Gasteiger partial charge in [0.1, 0.15) is 0 Å². The summed E-state index contributed by atoms with van der Waals surface area (Å²) in [4.78, 5) is 13.2. The summed E-state index contributed by atoms with van der Waals surface area (Å²) >= 11 is 1.61. The van der Waals surface area contributed by atoms with Crippen LogP contribution in [0.15, 0.2) is 54.6 Å². The van der Waals surface area contributed by atoms with E-state index in [1.54, 1.807) is 18.3 Å². The first-order valence-corrected chi connectivity index (χ1v) is 10.5. The van der Waals surface area contributed by atoms with Crippen LogP contribution in [-0.2, 0) is 30.2 Å². The maximum atomic E-state index is 12.8. The average molecular weight is 433 g/mol. The van der Waals surface area contributed by atoms with Crippen molar-refractivity contribution in [2.45, 2.75) is 39.3 Å². The van der Waals surface area contributed by atoms with Crippen LogP contribution in [0.25, 0.3) is 10.4 Å². The Morgan fingerprint density at radius 3 is 2.17 bits per heavy atom. The normalized spacial score (nSPS) is 12.7. The highest BCUT2D eigenvalue weighted by atomic mass is 32.1. The Kier molecular flexibility index (Phi) is 6.66. The first kappa shape index (κ1) is 22.1. The standard InChI is InChI=1S/C24H23F3O2S/c1-15-14-22(19-8-10-20(11-9-19)24(25,26)27)30-21(15)12-7-17-3-5-18(6-4-17)13-16(2)23(28)29/h3-6,8-11,14,16H,7,12-13H2,1-2H3,(H,28,29). The summed E-state index contributed by atoms with van der Waals surface area (Å²) in [5, 5.41) is 9.02. The number of carbonyl (C=O) groups is 1. The molecule has 0 aliphatic heterocycles. The van der Waals surface area contributed by atoms with Crippen molar-refractivity contribution in [3.8, 4) is 10.4 Å². The predicted molar refractivity (Wildman–Crippen MR) is 114 cm³/mol. The highest BCUT2D eigenvalue weighted by Gasteiger charge is 2.30. The number of aryl methyl sites for hydroxylation is 3. The van der Waals surface area contributed by atoms with Crippen molar-refractivity contribution in [3.63, 3.8) is 0 Å². The molecule has 6 heteroatoms. The molecule has 0 spiro atoms. The fourth-order valence-corrected chi connectivity index (χ4v) is 4.45. The molecule has 1 aromatic heterocycles. The summed E-state index contributed by atoms with van der Waals surface area (Å²) in [5.41, 5.74) is 3.47. The van der Waals surface area contributed by atoms with E-state index in [1.807, 2.05) is 37.3 Å². The van der Waals surface area contributed by atoms with Crippen LogP contribution in [0.3, 0.4) is 0 Å². The average Bonchev–Trinajstić information content (AvgIpc) is 3.07. The molecular weight excluding hydrogens is 409 g/mol. The Labute approximate surface area is 178 Å². The number of rotatable bonds is 7. The summed E-state index contributed by atoms with van der Waals surface area (Å²) in [5.74, 6) is -1.20. The molecule has 0 fully saturated rings. The fourth-order valence-electron chi connectivity index (χ4n) is 3.27. The van der Waals surface area contributed by atoms with Gasteiger partial charge < -0.3 is 5.11 Å². The number of alkyl halides is 3. The third-order valence-corrected chi connectivity index (χ3v) is 6.49. The molecule has 0 amide bonds. The van der Waals surface area contributed by atoms with Crippen molar-refractivity contribution < 1.29 is 23.1 Å². The topological polar surface area (TPSA) is 37.3 Å². The smallest absolute Gasteiger partial charge is 0.416 e. The maximum Gasteiger partial charge on any atom is 0.416 e. The minimum atomic E-state index is -4.32. The lowest BCUT2D eigenvalue weighted by atomic mass is 9.99. The molecule has 0 bridgehead atoms. The zero-order chi connectivity index (χ0) is 21.9. The Morgan fingerprint density at radius 1 is 1.00 bits per heavy atom. The molecule has 0 radical (unpaired) electrons. The van der Waals surface area contributed by atoms with Crippen LogP contribution in [0.1, 0.15) is 34.1 Å². The number of hydrogen-bond acceptors (Lipinski definition) is 2. The third kappa shape index (κ3) is 5.51. The van der Waals surface area contributed by atoms with Crippen LogP contribution in [0.5, 0.6) is 0 Å². The van der Waals surface area contributed by atoms with Gasteiger partial charge in [-0.1, -0.05) is 43.3 Å². The molecular formula is C24H23F3O2S. The second kappa shape index (κ2) is 9.04. The minimum Gasteiger partial charge on any atom is -0.481 e. The number of thiophene rings is 1. The summed E-state index contributed by atoms with van der Waals surface area (Å²) in [7, 11) is 0. The quantitative estimate of drug-likeness (QED) is 0.446. The second-order valence-corrected chi connectivity index (χ2v) is 8.69. The largest absolute Gasteiger partial charge is 0.481 e. The van der Waals surface area contributed by atoms with Crippen molar-refractivity contribution >= 4 is 17.3 Å². The lowest BCUT2D eigenvalue weighted by Crippen LogP contribution is -2.12. The molecule has 1 atom stereocenters. The number of carboxylic acids is 1. The van der Waals surface area contributed by atoms with Gasteiger partial charge in [-0.05, 0) is 66.6 Å². The van der Waals surface area contributed by atoms with Gasteiger partial charge in [0.2, 0.25) is 0 Å². The van der Waals surface area contributed by atoms with E-state index in [2.05, 4.69) is 0 Å². The zero-order valence-electron chi connectivity index (χ0n) is 16.8. The van der Waals surface area contributed by atoms with Crippen LogP contribution < -0.4 is 0 Å². The summed E-state index contributed by atoms with van der Waals surface area (Å²) < 4.78 is 38.3. The van der Waals surface area contributed by atoms with Gasteiger partial charge in [-0.15, -0.1) is 11.3 Å². The summed E-state index contributed by atoms with van der Waals surface area (Å²) in [6.07, 6.45) is -2.11. The molecule has 0 saturated carbocycles. The molecule has 1 N–H and O–H groups in total. The lowest BCUT2D eigenvalue weighted by molar-refractivity contribution is -0.141. The molecule has 0 saturated heterocycles. The van der Waals surface area contributed by atoms with E-state index in [-0.39, 0.29) is 0 Å². The third-order valence-electron chi connectivity index (χ3n) is 5.14. The van der Waals surface area contributed by atoms with Gasteiger partial charge in [-0.3, -0.25) is 4.79 Å². The fraction of sp³-hybridized carbons (Fsp3) is 0.292. The van der Waals surface area contributed by atoms with Crippen LogP contribution in [0.4, 0.5) is 13.2 Å². The Bertz CT molecular complexity index is 1000. The summed E-state index contributed by atoms with van der Waals surface area (Å²) in [6, 6.07) is 15.3. The van der Waals surface area contributed by atoms with E-state index >= 15 is 0 Å². The highest BCUT2D eigenvalue weighted by molar-refractivity contribution is 7.15. The SMILES string of the molecule is Cc1cc(-c2ccc(C(F)(F)F)cc2)sc1CCc1ccc(CC(C)C(=O)O)cc1. The number of benzene rings is 2. The van der Waals surface area contributed by atoms with Crippen molar-refractivity contribution in [1.29, 1.82) is 0 Å². The second-order valence-electron chi connectivity index (χ2n) is 7.55. The van der Waals surface area contributed by atoms with E-state index in [4.69, 9.17) is 5.11 Å². The molecule has 2 aromatic carbocycles. The molecule has 0 aliphatic rings. The van der Waals surface area contributed by atoms with Crippen molar-refractivity contribution in [2.24, 2.45) is 5.92 Å². The first-order chi connectivity index (χ1) is 14.1. The maximum absolute atomic E-state index is 12.8. The van der Waals surface area contributed by atoms with Gasteiger partial charge in [0, 0.05) is 9.75 Å². The molecule has 30 heavy (non-hydrogen) atoms. The molecule has 3 rings (SSSR count).